The van der Waals surface area contributed by atoms with E-state index in [1.165, 1.54) is 5.56 Å². The van der Waals surface area contributed by atoms with Crippen LogP contribution in [0, 0.1) is 0 Å². The SMILES string of the molecule is CCCN(CCCC(N)=O)CCc1ccc(OC)c(OC)c1. The highest BCUT2D eigenvalue weighted by Crippen LogP contribution is 2.27. The number of rotatable bonds is 11. The molecule has 0 aliphatic heterocycles. The lowest BCUT2D eigenvalue weighted by Gasteiger charge is -2.21. The predicted molar refractivity (Wildman–Crippen MR) is 88.4 cm³/mol. The van der Waals surface area contributed by atoms with Crippen molar-refractivity contribution in [2.24, 2.45) is 5.73 Å². The third kappa shape index (κ3) is 6.35. The average Bonchev–Trinajstić information content (AvgIpc) is 2.51. The van der Waals surface area contributed by atoms with Crippen LogP contribution < -0.4 is 15.2 Å². The van der Waals surface area contributed by atoms with E-state index < -0.39 is 0 Å². The van der Waals surface area contributed by atoms with Gasteiger partial charge in [-0.2, -0.15) is 0 Å². The molecular formula is C17H28N2O3. The van der Waals surface area contributed by atoms with Gasteiger partial charge in [0, 0.05) is 13.0 Å². The van der Waals surface area contributed by atoms with Crippen LogP contribution >= 0.6 is 0 Å². The minimum absolute atomic E-state index is 0.226. The predicted octanol–water partition coefficient (Wildman–Crippen LogP) is 2.22. The molecule has 0 aliphatic carbocycles. The number of carbonyl (C=O) groups is 1. The summed E-state index contributed by atoms with van der Waals surface area (Å²) in [6, 6.07) is 6.02. The Hall–Kier alpha value is -1.75. The summed E-state index contributed by atoms with van der Waals surface area (Å²) < 4.78 is 10.6. The largest absolute Gasteiger partial charge is 0.493 e. The van der Waals surface area contributed by atoms with Gasteiger partial charge in [-0.05, 0) is 50.0 Å². The zero-order valence-electron chi connectivity index (χ0n) is 13.9. The van der Waals surface area contributed by atoms with Crippen molar-refractivity contribution in [2.45, 2.75) is 32.6 Å². The Kier molecular flexibility index (Phi) is 8.36. The van der Waals surface area contributed by atoms with Crippen LogP contribution in [0.15, 0.2) is 18.2 Å². The van der Waals surface area contributed by atoms with Gasteiger partial charge in [0.15, 0.2) is 11.5 Å². The smallest absolute Gasteiger partial charge is 0.217 e. The molecule has 0 unspecified atom stereocenters. The molecule has 5 heteroatoms. The molecule has 0 saturated heterocycles. The Morgan fingerprint density at radius 1 is 1.14 bits per heavy atom. The van der Waals surface area contributed by atoms with Gasteiger partial charge in [0.05, 0.1) is 14.2 Å². The molecule has 124 valence electrons. The van der Waals surface area contributed by atoms with Crippen LogP contribution in [-0.4, -0.2) is 44.7 Å². The van der Waals surface area contributed by atoms with Crippen LogP contribution in [0.2, 0.25) is 0 Å². The van der Waals surface area contributed by atoms with Crippen LogP contribution in [0.4, 0.5) is 0 Å². The maximum Gasteiger partial charge on any atom is 0.217 e. The Bertz CT molecular complexity index is 463. The van der Waals surface area contributed by atoms with Crippen molar-refractivity contribution < 1.29 is 14.3 Å². The molecule has 0 aliphatic rings. The maximum absolute atomic E-state index is 10.8. The molecule has 0 spiro atoms. The van der Waals surface area contributed by atoms with Crippen molar-refractivity contribution in [3.05, 3.63) is 23.8 Å². The number of benzene rings is 1. The zero-order valence-corrected chi connectivity index (χ0v) is 13.9. The monoisotopic (exact) mass is 308 g/mol. The van der Waals surface area contributed by atoms with Gasteiger partial charge in [0.1, 0.15) is 0 Å². The Morgan fingerprint density at radius 2 is 1.86 bits per heavy atom. The summed E-state index contributed by atoms with van der Waals surface area (Å²) in [5.74, 6) is 1.28. The van der Waals surface area contributed by atoms with Gasteiger partial charge >= 0.3 is 0 Å². The van der Waals surface area contributed by atoms with E-state index in [2.05, 4.69) is 17.9 Å². The number of hydrogen-bond acceptors (Lipinski definition) is 4. The van der Waals surface area contributed by atoms with Crippen molar-refractivity contribution >= 4 is 5.91 Å². The molecule has 1 aromatic carbocycles. The van der Waals surface area contributed by atoms with Crippen LogP contribution in [-0.2, 0) is 11.2 Å². The van der Waals surface area contributed by atoms with Crippen molar-refractivity contribution in [1.29, 1.82) is 0 Å². The lowest BCUT2D eigenvalue weighted by Crippen LogP contribution is -2.29. The molecule has 0 aromatic heterocycles. The number of methoxy groups -OCH3 is 2. The fraction of sp³-hybridized carbons (Fsp3) is 0.588. The van der Waals surface area contributed by atoms with Crippen LogP contribution in [0.1, 0.15) is 31.7 Å². The summed E-state index contributed by atoms with van der Waals surface area (Å²) >= 11 is 0. The molecule has 1 rings (SSSR count). The summed E-state index contributed by atoms with van der Waals surface area (Å²) in [5, 5.41) is 0. The minimum atomic E-state index is -0.226. The third-order valence-electron chi connectivity index (χ3n) is 3.60. The van der Waals surface area contributed by atoms with Gasteiger partial charge in [-0.1, -0.05) is 13.0 Å². The summed E-state index contributed by atoms with van der Waals surface area (Å²) in [7, 11) is 3.29. The van der Waals surface area contributed by atoms with Gasteiger partial charge in [0.25, 0.3) is 0 Å². The number of nitrogens with zero attached hydrogens (tertiary/aromatic N) is 1. The first kappa shape index (κ1) is 18.3. The Labute approximate surface area is 133 Å². The summed E-state index contributed by atoms with van der Waals surface area (Å²) in [5.41, 5.74) is 6.41. The maximum atomic E-state index is 10.8. The molecule has 0 atom stereocenters. The molecular weight excluding hydrogens is 280 g/mol. The molecule has 5 nitrogen and oxygen atoms in total. The first-order chi connectivity index (χ1) is 10.6. The molecule has 22 heavy (non-hydrogen) atoms. The minimum Gasteiger partial charge on any atom is -0.493 e. The molecule has 1 amide bonds. The standard InChI is InChI=1S/C17H28N2O3/c1-4-10-19(11-5-6-17(18)20)12-9-14-7-8-15(21-2)16(13-14)22-3/h7-8,13H,4-6,9-12H2,1-3H3,(H2,18,20). The highest BCUT2D eigenvalue weighted by atomic mass is 16.5. The van der Waals surface area contributed by atoms with E-state index in [0.29, 0.717) is 6.42 Å². The van der Waals surface area contributed by atoms with E-state index in [0.717, 1.165) is 50.4 Å². The fourth-order valence-electron chi connectivity index (χ4n) is 2.45. The van der Waals surface area contributed by atoms with Crippen LogP contribution in [0.5, 0.6) is 11.5 Å². The highest BCUT2D eigenvalue weighted by Gasteiger charge is 2.08. The van der Waals surface area contributed by atoms with Gasteiger partial charge in [-0.3, -0.25) is 4.79 Å². The van der Waals surface area contributed by atoms with Gasteiger partial charge in [0.2, 0.25) is 5.91 Å². The second-order valence-corrected chi connectivity index (χ2v) is 5.35. The van der Waals surface area contributed by atoms with Crippen LogP contribution in [0.25, 0.3) is 0 Å². The summed E-state index contributed by atoms with van der Waals surface area (Å²) in [6.07, 6.45) is 3.32. The average molecular weight is 308 g/mol. The number of hydrogen-bond donors (Lipinski definition) is 1. The Morgan fingerprint density at radius 3 is 2.45 bits per heavy atom. The molecule has 0 heterocycles. The van der Waals surface area contributed by atoms with E-state index in [-0.39, 0.29) is 5.91 Å². The van der Waals surface area contributed by atoms with Gasteiger partial charge in [-0.25, -0.2) is 0 Å². The first-order valence-corrected chi connectivity index (χ1v) is 7.82. The number of carbonyl (C=O) groups excluding carboxylic acids is 1. The molecule has 0 radical (unpaired) electrons. The summed E-state index contributed by atoms with van der Waals surface area (Å²) in [4.78, 5) is 13.2. The Balaban J connectivity index is 2.54. The fourth-order valence-corrected chi connectivity index (χ4v) is 2.45. The summed E-state index contributed by atoms with van der Waals surface area (Å²) in [6.45, 7) is 5.07. The van der Waals surface area contributed by atoms with Gasteiger partial charge in [-0.15, -0.1) is 0 Å². The molecule has 0 bridgehead atoms. The number of amides is 1. The number of primary amides is 1. The normalized spacial score (nSPS) is 10.7. The topological polar surface area (TPSA) is 64.8 Å². The lowest BCUT2D eigenvalue weighted by molar-refractivity contribution is -0.118. The number of ether oxygens (including phenoxy) is 2. The third-order valence-corrected chi connectivity index (χ3v) is 3.60. The lowest BCUT2D eigenvalue weighted by atomic mass is 10.1. The molecule has 1 aromatic rings. The molecule has 0 fully saturated rings. The van der Waals surface area contributed by atoms with Crippen molar-refractivity contribution in [3.8, 4) is 11.5 Å². The van der Waals surface area contributed by atoms with Crippen molar-refractivity contribution in [3.63, 3.8) is 0 Å². The second kappa shape index (κ2) is 10.1. The van der Waals surface area contributed by atoms with E-state index in [9.17, 15) is 4.79 Å². The van der Waals surface area contributed by atoms with Crippen molar-refractivity contribution in [1.82, 2.24) is 4.90 Å². The zero-order chi connectivity index (χ0) is 16.4. The van der Waals surface area contributed by atoms with Gasteiger partial charge < -0.3 is 20.1 Å². The molecule has 0 saturated carbocycles. The quantitative estimate of drug-likeness (QED) is 0.681. The van der Waals surface area contributed by atoms with E-state index >= 15 is 0 Å². The molecule has 2 N–H and O–H groups in total. The second-order valence-electron chi connectivity index (χ2n) is 5.35. The number of nitrogens with two attached hydrogens (primary N) is 1. The van der Waals surface area contributed by atoms with Crippen LogP contribution in [0.3, 0.4) is 0 Å². The highest BCUT2D eigenvalue weighted by molar-refractivity contribution is 5.73. The van der Waals surface area contributed by atoms with E-state index in [1.54, 1.807) is 14.2 Å². The van der Waals surface area contributed by atoms with E-state index in [4.69, 9.17) is 15.2 Å². The van der Waals surface area contributed by atoms with Crippen molar-refractivity contribution in [2.75, 3.05) is 33.9 Å². The van der Waals surface area contributed by atoms with E-state index in [1.807, 2.05) is 12.1 Å². The first-order valence-electron chi connectivity index (χ1n) is 7.82.